The number of hydrogen-bond donors (Lipinski definition) is 2. The van der Waals surface area contributed by atoms with Gasteiger partial charge in [-0.25, -0.2) is 0 Å². The topological polar surface area (TPSA) is 64.1 Å². The number of nitrogens with two attached hydrogens (primary N) is 1. The summed E-state index contributed by atoms with van der Waals surface area (Å²) in [5.74, 6) is 0.238. The van der Waals surface area contributed by atoms with Crippen LogP contribution in [0.2, 0.25) is 0 Å². The lowest BCUT2D eigenvalue weighted by molar-refractivity contribution is 0.475. The summed E-state index contributed by atoms with van der Waals surface area (Å²) in [6, 6.07) is 7.20. The van der Waals surface area contributed by atoms with Crippen molar-refractivity contribution in [2.75, 3.05) is 6.54 Å². The van der Waals surface area contributed by atoms with Gasteiger partial charge in [0.25, 0.3) is 0 Å². The summed E-state index contributed by atoms with van der Waals surface area (Å²) in [4.78, 5) is 0. The molecule has 1 unspecified atom stereocenters. The van der Waals surface area contributed by atoms with Gasteiger partial charge in [0.05, 0.1) is 22.4 Å². The van der Waals surface area contributed by atoms with Crippen LogP contribution in [-0.4, -0.2) is 21.4 Å². The summed E-state index contributed by atoms with van der Waals surface area (Å²) in [5.41, 5.74) is 7.51. The zero-order chi connectivity index (χ0) is 12.4. The summed E-state index contributed by atoms with van der Waals surface area (Å²) >= 11 is 3.47. The molecule has 1 aromatic carbocycles. The second-order valence-corrected chi connectivity index (χ2v) is 4.78. The number of aromatic nitrogens is 2. The van der Waals surface area contributed by atoms with Gasteiger partial charge in [-0.05, 0) is 35.0 Å². The van der Waals surface area contributed by atoms with E-state index >= 15 is 0 Å². The van der Waals surface area contributed by atoms with E-state index in [1.807, 2.05) is 23.7 Å². The van der Waals surface area contributed by atoms with E-state index in [1.54, 1.807) is 18.3 Å². The number of hydrogen-bond acceptors (Lipinski definition) is 3. The van der Waals surface area contributed by atoms with Gasteiger partial charge in [-0.3, -0.25) is 4.68 Å². The molecule has 2 rings (SSSR count). The molecule has 0 amide bonds. The third-order valence-corrected chi connectivity index (χ3v) is 3.21. The zero-order valence-corrected chi connectivity index (χ0v) is 11.1. The van der Waals surface area contributed by atoms with Crippen LogP contribution in [0.15, 0.2) is 34.9 Å². The summed E-state index contributed by atoms with van der Waals surface area (Å²) in [6.07, 6.45) is 1.74. The van der Waals surface area contributed by atoms with Crippen molar-refractivity contribution in [3.8, 4) is 17.0 Å². The van der Waals surface area contributed by atoms with Crippen molar-refractivity contribution in [3.63, 3.8) is 0 Å². The van der Waals surface area contributed by atoms with Crippen molar-refractivity contribution in [1.29, 1.82) is 0 Å². The first kappa shape index (κ1) is 12.1. The van der Waals surface area contributed by atoms with Gasteiger partial charge in [-0.15, -0.1) is 0 Å². The first-order chi connectivity index (χ1) is 8.13. The van der Waals surface area contributed by atoms with E-state index in [2.05, 4.69) is 21.0 Å². The average Bonchev–Trinajstić information content (AvgIpc) is 2.70. The number of nitrogens with zero attached hydrogens (tertiary/aromatic N) is 2. The van der Waals surface area contributed by atoms with Crippen LogP contribution >= 0.6 is 15.9 Å². The van der Waals surface area contributed by atoms with Crippen LogP contribution < -0.4 is 5.73 Å². The van der Waals surface area contributed by atoms with Crippen LogP contribution in [0.25, 0.3) is 11.3 Å². The first-order valence-electron chi connectivity index (χ1n) is 5.36. The largest absolute Gasteiger partial charge is 0.508 e. The van der Waals surface area contributed by atoms with Crippen molar-refractivity contribution in [3.05, 3.63) is 34.9 Å². The van der Waals surface area contributed by atoms with Gasteiger partial charge >= 0.3 is 0 Å². The monoisotopic (exact) mass is 295 g/mol. The molecule has 0 radical (unpaired) electrons. The highest BCUT2D eigenvalue weighted by molar-refractivity contribution is 9.10. The Kier molecular flexibility index (Phi) is 3.49. The molecule has 0 saturated carbocycles. The Bertz CT molecular complexity index is 524. The lowest BCUT2D eigenvalue weighted by atomic mass is 10.1. The van der Waals surface area contributed by atoms with E-state index in [4.69, 9.17) is 5.73 Å². The van der Waals surface area contributed by atoms with Crippen molar-refractivity contribution in [2.45, 2.75) is 13.0 Å². The highest BCUT2D eigenvalue weighted by Gasteiger charge is 2.15. The van der Waals surface area contributed by atoms with E-state index in [0.29, 0.717) is 6.54 Å². The number of phenolic OH excluding ortho intramolecular Hbond substituents is 1. The number of rotatable bonds is 3. The Morgan fingerprint density at radius 3 is 2.94 bits per heavy atom. The molecule has 0 aliphatic heterocycles. The van der Waals surface area contributed by atoms with E-state index in [0.717, 1.165) is 15.7 Å². The molecule has 1 aromatic heterocycles. The number of benzene rings is 1. The van der Waals surface area contributed by atoms with Crippen molar-refractivity contribution in [1.82, 2.24) is 9.78 Å². The van der Waals surface area contributed by atoms with E-state index in [1.165, 1.54) is 0 Å². The molecule has 1 heterocycles. The van der Waals surface area contributed by atoms with Crippen LogP contribution in [0.3, 0.4) is 0 Å². The quantitative estimate of drug-likeness (QED) is 0.915. The van der Waals surface area contributed by atoms with Crippen molar-refractivity contribution < 1.29 is 5.11 Å². The van der Waals surface area contributed by atoms with Crippen LogP contribution in [0.4, 0.5) is 0 Å². The predicted octanol–water partition coefficient (Wildman–Crippen LogP) is 2.54. The molecule has 0 aliphatic rings. The Morgan fingerprint density at radius 1 is 1.53 bits per heavy atom. The van der Waals surface area contributed by atoms with Crippen LogP contribution in [-0.2, 0) is 0 Å². The van der Waals surface area contributed by atoms with Crippen LogP contribution in [0.5, 0.6) is 5.75 Å². The lowest BCUT2D eigenvalue weighted by Crippen LogP contribution is -2.17. The molecule has 1 atom stereocenters. The van der Waals surface area contributed by atoms with Crippen LogP contribution in [0.1, 0.15) is 13.0 Å². The van der Waals surface area contributed by atoms with E-state index in [9.17, 15) is 5.11 Å². The number of halogens is 1. The van der Waals surface area contributed by atoms with Crippen LogP contribution in [0, 0.1) is 0 Å². The van der Waals surface area contributed by atoms with Crippen molar-refractivity contribution >= 4 is 15.9 Å². The van der Waals surface area contributed by atoms with Gasteiger partial charge in [-0.1, -0.05) is 12.1 Å². The molecule has 17 heavy (non-hydrogen) atoms. The van der Waals surface area contributed by atoms with Crippen molar-refractivity contribution in [2.24, 2.45) is 5.73 Å². The minimum absolute atomic E-state index is 0.110. The molecular weight excluding hydrogens is 282 g/mol. The number of aromatic hydroxyl groups is 1. The fourth-order valence-electron chi connectivity index (χ4n) is 1.70. The van der Waals surface area contributed by atoms with Gasteiger partial charge in [0.1, 0.15) is 5.75 Å². The SMILES string of the molecule is CC(CN)n1ncc(Br)c1-c1cccc(O)c1. The lowest BCUT2D eigenvalue weighted by Gasteiger charge is -2.14. The van der Waals surface area contributed by atoms with E-state index in [-0.39, 0.29) is 11.8 Å². The second-order valence-electron chi connectivity index (χ2n) is 3.92. The third kappa shape index (κ3) is 2.35. The summed E-state index contributed by atoms with van der Waals surface area (Å²) < 4.78 is 2.75. The first-order valence-corrected chi connectivity index (χ1v) is 6.15. The van der Waals surface area contributed by atoms with Gasteiger partial charge < -0.3 is 10.8 Å². The molecule has 0 saturated heterocycles. The Labute approximate surface area is 108 Å². The molecule has 4 nitrogen and oxygen atoms in total. The molecule has 3 N–H and O–H groups in total. The van der Waals surface area contributed by atoms with E-state index < -0.39 is 0 Å². The Hall–Kier alpha value is -1.33. The highest BCUT2D eigenvalue weighted by Crippen LogP contribution is 2.31. The van der Waals surface area contributed by atoms with Gasteiger partial charge in [0.15, 0.2) is 0 Å². The molecule has 90 valence electrons. The average molecular weight is 296 g/mol. The third-order valence-electron chi connectivity index (χ3n) is 2.63. The fourth-order valence-corrected chi connectivity index (χ4v) is 2.20. The fraction of sp³-hybridized carbons (Fsp3) is 0.250. The summed E-state index contributed by atoms with van der Waals surface area (Å²) in [7, 11) is 0. The summed E-state index contributed by atoms with van der Waals surface area (Å²) in [5, 5.41) is 13.8. The summed E-state index contributed by atoms with van der Waals surface area (Å²) in [6.45, 7) is 2.52. The zero-order valence-electron chi connectivity index (χ0n) is 9.47. The van der Waals surface area contributed by atoms with Gasteiger partial charge in [0.2, 0.25) is 0 Å². The molecule has 0 spiro atoms. The number of phenols is 1. The maximum Gasteiger partial charge on any atom is 0.116 e. The molecule has 5 heteroatoms. The molecule has 0 bridgehead atoms. The minimum Gasteiger partial charge on any atom is -0.508 e. The standard InChI is InChI=1S/C12H14BrN3O/c1-8(6-14)16-12(11(13)7-15-16)9-3-2-4-10(17)5-9/h2-5,7-8,17H,6,14H2,1H3. The minimum atomic E-state index is 0.110. The molecular formula is C12H14BrN3O. The molecule has 2 aromatic rings. The van der Waals surface area contributed by atoms with Gasteiger partial charge in [-0.2, -0.15) is 5.10 Å². The Balaban J connectivity index is 2.54. The predicted molar refractivity (Wildman–Crippen MR) is 70.8 cm³/mol. The van der Waals surface area contributed by atoms with Gasteiger partial charge in [0, 0.05) is 12.1 Å². The second kappa shape index (κ2) is 4.89. The molecule has 0 fully saturated rings. The maximum absolute atomic E-state index is 9.52. The normalized spacial score (nSPS) is 12.6. The highest BCUT2D eigenvalue weighted by atomic mass is 79.9. The Morgan fingerprint density at radius 2 is 2.29 bits per heavy atom. The molecule has 0 aliphatic carbocycles. The maximum atomic E-state index is 9.52. The smallest absolute Gasteiger partial charge is 0.116 e.